The highest BCUT2D eigenvalue weighted by atomic mass is 79.9. The van der Waals surface area contributed by atoms with Crippen LogP contribution < -0.4 is 0 Å². The summed E-state index contributed by atoms with van der Waals surface area (Å²) >= 11 is 3.11. The van der Waals surface area contributed by atoms with Crippen LogP contribution in [0.2, 0.25) is 0 Å². The fraction of sp³-hybridized carbons (Fsp3) is 0.111. The van der Waals surface area contributed by atoms with E-state index in [1.165, 1.54) is 12.1 Å². The smallest absolute Gasteiger partial charge is 0.335 e. The van der Waals surface area contributed by atoms with Gasteiger partial charge in [-0.05, 0) is 17.7 Å². The molecule has 0 saturated carbocycles. The van der Waals surface area contributed by atoms with E-state index in [1.807, 2.05) is 0 Å². The van der Waals surface area contributed by atoms with Crippen molar-refractivity contribution in [2.75, 3.05) is 0 Å². The van der Waals surface area contributed by atoms with E-state index in [4.69, 9.17) is 5.11 Å². The molecule has 0 heterocycles. The standard InChI is InChI=1S/C9H7BrO3/c10-8(5-11)6-2-1-3-7(4-6)9(12)13/h1-5,8H,(H,12,13). The first kappa shape index (κ1) is 9.92. The second-order valence-corrected chi connectivity index (χ2v) is 3.45. The van der Waals surface area contributed by atoms with Gasteiger partial charge in [-0.3, -0.25) is 0 Å². The number of aromatic carboxylic acids is 1. The van der Waals surface area contributed by atoms with E-state index >= 15 is 0 Å². The number of hydrogen-bond donors (Lipinski definition) is 1. The van der Waals surface area contributed by atoms with Crippen molar-refractivity contribution in [2.24, 2.45) is 0 Å². The van der Waals surface area contributed by atoms with Gasteiger partial charge < -0.3 is 9.90 Å². The molecule has 0 aromatic heterocycles. The minimum Gasteiger partial charge on any atom is -0.478 e. The molecule has 0 amide bonds. The van der Waals surface area contributed by atoms with Crippen molar-refractivity contribution in [2.45, 2.75) is 4.83 Å². The van der Waals surface area contributed by atoms with Crippen LogP contribution in [-0.4, -0.2) is 17.4 Å². The third kappa shape index (κ3) is 2.39. The van der Waals surface area contributed by atoms with Crippen LogP contribution in [0.1, 0.15) is 20.7 Å². The molecule has 1 aromatic rings. The minimum atomic E-state index is -0.993. The average molecular weight is 243 g/mol. The topological polar surface area (TPSA) is 54.4 Å². The van der Waals surface area contributed by atoms with Gasteiger partial charge in [0.25, 0.3) is 0 Å². The van der Waals surface area contributed by atoms with Crippen molar-refractivity contribution in [1.82, 2.24) is 0 Å². The molecular formula is C9H7BrO3. The van der Waals surface area contributed by atoms with Gasteiger partial charge in [0.1, 0.15) is 6.29 Å². The number of carboxylic acids is 1. The lowest BCUT2D eigenvalue weighted by molar-refractivity contribution is -0.107. The zero-order valence-electron chi connectivity index (χ0n) is 6.61. The van der Waals surface area contributed by atoms with E-state index in [9.17, 15) is 9.59 Å². The fourth-order valence-corrected chi connectivity index (χ4v) is 1.21. The molecular weight excluding hydrogens is 236 g/mol. The first-order valence-electron chi connectivity index (χ1n) is 3.58. The Morgan fingerprint density at radius 2 is 2.23 bits per heavy atom. The summed E-state index contributed by atoms with van der Waals surface area (Å²) in [5, 5.41) is 8.66. The molecule has 1 rings (SSSR count). The molecule has 13 heavy (non-hydrogen) atoms. The molecule has 0 aliphatic heterocycles. The lowest BCUT2D eigenvalue weighted by atomic mass is 10.1. The molecule has 68 valence electrons. The van der Waals surface area contributed by atoms with Crippen LogP contribution in [0.4, 0.5) is 0 Å². The third-order valence-electron chi connectivity index (χ3n) is 1.57. The van der Waals surface area contributed by atoms with Crippen molar-refractivity contribution in [1.29, 1.82) is 0 Å². The highest BCUT2D eigenvalue weighted by Gasteiger charge is 2.08. The number of halogens is 1. The highest BCUT2D eigenvalue weighted by molar-refractivity contribution is 9.09. The Morgan fingerprint density at radius 3 is 2.77 bits per heavy atom. The molecule has 0 fully saturated rings. The van der Waals surface area contributed by atoms with E-state index in [-0.39, 0.29) is 5.56 Å². The van der Waals surface area contributed by atoms with Crippen LogP contribution in [0, 0.1) is 0 Å². The Morgan fingerprint density at radius 1 is 1.54 bits per heavy atom. The Balaban J connectivity index is 3.04. The van der Waals surface area contributed by atoms with Gasteiger partial charge in [-0.15, -0.1) is 0 Å². The lowest BCUT2D eigenvalue weighted by Gasteiger charge is -2.02. The van der Waals surface area contributed by atoms with Gasteiger partial charge >= 0.3 is 5.97 Å². The molecule has 0 radical (unpaired) electrons. The number of aldehydes is 1. The molecule has 1 N–H and O–H groups in total. The van der Waals surface area contributed by atoms with E-state index in [1.54, 1.807) is 12.1 Å². The first-order valence-corrected chi connectivity index (χ1v) is 4.49. The van der Waals surface area contributed by atoms with Crippen LogP contribution in [0.15, 0.2) is 24.3 Å². The Bertz CT molecular complexity index is 335. The maximum atomic E-state index is 10.6. The van der Waals surface area contributed by atoms with Crippen LogP contribution in [-0.2, 0) is 4.79 Å². The number of carboxylic acid groups (broad SMARTS) is 1. The van der Waals surface area contributed by atoms with Gasteiger partial charge in [0.15, 0.2) is 0 Å². The van der Waals surface area contributed by atoms with Gasteiger partial charge in [0.2, 0.25) is 0 Å². The summed E-state index contributed by atoms with van der Waals surface area (Å²) in [7, 11) is 0. The minimum absolute atomic E-state index is 0.184. The number of hydrogen-bond acceptors (Lipinski definition) is 2. The fourth-order valence-electron chi connectivity index (χ4n) is 0.922. The number of benzene rings is 1. The molecule has 3 nitrogen and oxygen atoms in total. The van der Waals surface area contributed by atoms with Crippen LogP contribution in [0.5, 0.6) is 0 Å². The summed E-state index contributed by atoms with van der Waals surface area (Å²) in [6, 6.07) is 6.25. The van der Waals surface area contributed by atoms with Crippen LogP contribution in [0.25, 0.3) is 0 Å². The second-order valence-electron chi connectivity index (χ2n) is 2.47. The number of carbonyl (C=O) groups is 2. The zero-order valence-corrected chi connectivity index (χ0v) is 8.19. The van der Waals surface area contributed by atoms with Crippen LogP contribution in [0.3, 0.4) is 0 Å². The third-order valence-corrected chi connectivity index (χ3v) is 2.32. The van der Waals surface area contributed by atoms with E-state index < -0.39 is 10.8 Å². The van der Waals surface area contributed by atoms with E-state index in [0.29, 0.717) is 11.8 Å². The van der Waals surface area contributed by atoms with Crippen molar-refractivity contribution >= 4 is 28.2 Å². The van der Waals surface area contributed by atoms with Crippen molar-refractivity contribution in [3.05, 3.63) is 35.4 Å². The first-order chi connectivity index (χ1) is 6.15. The summed E-state index contributed by atoms with van der Waals surface area (Å²) in [6.45, 7) is 0. The molecule has 0 bridgehead atoms. The van der Waals surface area contributed by atoms with E-state index in [0.717, 1.165) is 0 Å². The van der Waals surface area contributed by atoms with Gasteiger partial charge in [-0.25, -0.2) is 4.79 Å². The zero-order chi connectivity index (χ0) is 9.84. The maximum Gasteiger partial charge on any atom is 0.335 e. The molecule has 1 aromatic carbocycles. The van der Waals surface area contributed by atoms with Crippen LogP contribution >= 0.6 is 15.9 Å². The van der Waals surface area contributed by atoms with Crippen molar-refractivity contribution < 1.29 is 14.7 Å². The molecule has 0 spiro atoms. The van der Waals surface area contributed by atoms with Gasteiger partial charge in [-0.1, -0.05) is 28.1 Å². The quantitative estimate of drug-likeness (QED) is 0.652. The molecule has 0 aliphatic rings. The molecule has 0 aliphatic carbocycles. The Labute approximate surface area is 83.5 Å². The Kier molecular flexibility index (Phi) is 3.19. The largest absolute Gasteiger partial charge is 0.478 e. The van der Waals surface area contributed by atoms with Crippen molar-refractivity contribution in [3.63, 3.8) is 0 Å². The lowest BCUT2D eigenvalue weighted by Crippen LogP contribution is -1.98. The van der Waals surface area contributed by atoms with Gasteiger partial charge in [-0.2, -0.15) is 0 Å². The maximum absolute atomic E-state index is 10.6. The van der Waals surface area contributed by atoms with E-state index in [2.05, 4.69) is 15.9 Å². The SMILES string of the molecule is O=CC(Br)c1cccc(C(=O)O)c1. The number of alkyl halides is 1. The molecule has 1 atom stereocenters. The predicted molar refractivity (Wildman–Crippen MR) is 51.1 cm³/mol. The normalized spacial score (nSPS) is 12.1. The summed E-state index contributed by atoms with van der Waals surface area (Å²) in [5.41, 5.74) is 0.832. The average Bonchev–Trinajstić information content (AvgIpc) is 2.17. The molecule has 0 saturated heterocycles. The summed E-state index contributed by atoms with van der Waals surface area (Å²) < 4.78 is 0. The van der Waals surface area contributed by atoms with Gasteiger partial charge in [0, 0.05) is 0 Å². The summed E-state index contributed by atoms with van der Waals surface area (Å²) in [4.78, 5) is 20.5. The monoisotopic (exact) mass is 242 g/mol. The molecule has 1 unspecified atom stereocenters. The number of rotatable bonds is 3. The second kappa shape index (κ2) is 4.18. The Hall–Kier alpha value is -1.16. The predicted octanol–water partition coefficient (Wildman–Crippen LogP) is 2.02. The highest BCUT2D eigenvalue weighted by Crippen LogP contribution is 2.20. The summed E-state index contributed by atoms with van der Waals surface area (Å²) in [6.07, 6.45) is 0.709. The van der Waals surface area contributed by atoms with Gasteiger partial charge in [0.05, 0.1) is 10.4 Å². The number of carbonyl (C=O) groups excluding carboxylic acids is 1. The molecule has 4 heteroatoms. The van der Waals surface area contributed by atoms with Crippen molar-refractivity contribution in [3.8, 4) is 0 Å². The summed E-state index contributed by atoms with van der Waals surface area (Å²) in [5.74, 6) is -0.993.